The number of benzene rings is 1. The highest BCUT2D eigenvalue weighted by atomic mass is 16.5. The molecule has 1 aromatic carbocycles. The zero-order chi connectivity index (χ0) is 25.5. The van der Waals surface area contributed by atoms with E-state index in [4.69, 9.17) is 15.5 Å². The molecule has 0 saturated heterocycles. The van der Waals surface area contributed by atoms with Crippen LogP contribution in [0.25, 0.3) is 0 Å². The number of hydrogen-bond donors (Lipinski definition) is 1. The number of nitrogens with zero attached hydrogens (tertiary/aromatic N) is 2. The number of rotatable bonds is 11. The van der Waals surface area contributed by atoms with Gasteiger partial charge in [-0.25, -0.2) is 4.99 Å². The summed E-state index contributed by atoms with van der Waals surface area (Å²) in [5.74, 6) is 3.24. The fraction of sp³-hybridized carbons (Fsp3) is 0.700. The van der Waals surface area contributed by atoms with E-state index in [1.54, 1.807) is 19.1 Å². The predicted octanol–water partition coefficient (Wildman–Crippen LogP) is 6.13. The molecule has 3 aliphatic rings. The monoisotopic (exact) mass is 495 g/mol. The number of likely N-dealkylation sites (N-methyl/N-ethyl adjacent to an activating group) is 1. The summed E-state index contributed by atoms with van der Waals surface area (Å²) in [5.41, 5.74) is 6.23. The van der Waals surface area contributed by atoms with Crippen LogP contribution < -0.4 is 10.5 Å². The summed E-state index contributed by atoms with van der Waals surface area (Å²) in [6.07, 6.45) is 16.6. The Hall–Kier alpha value is -2.37. The van der Waals surface area contributed by atoms with Crippen LogP contribution in [-0.4, -0.2) is 42.2 Å². The lowest BCUT2D eigenvalue weighted by atomic mass is 9.72. The summed E-state index contributed by atoms with van der Waals surface area (Å²) in [5, 5.41) is 0. The summed E-state index contributed by atoms with van der Waals surface area (Å²) >= 11 is 0. The zero-order valence-corrected chi connectivity index (χ0v) is 22.3. The minimum absolute atomic E-state index is 0.0989. The van der Waals surface area contributed by atoms with Gasteiger partial charge in [-0.05, 0) is 62.0 Å². The van der Waals surface area contributed by atoms with Crippen molar-refractivity contribution in [1.82, 2.24) is 4.90 Å². The molecule has 2 fully saturated rings. The SMILES string of the molecule is COc1cccc(C(=O)CCC[C@@H]2CCC[C@H](C[C@@]3(CCC4CCCCC4)N=C(N)N(C)C3=O)C2)c1. The van der Waals surface area contributed by atoms with Crippen molar-refractivity contribution in [3.05, 3.63) is 29.8 Å². The van der Waals surface area contributed by atoms with E-state index < -0.39 is 5.54 Å². The van der Waals surface area contributed by atoms with E-state index in [-0.39, 0.29) is 11.7 Å². The fourth-order valence-electron chi connectivity index (χ4n) is 6.89. The first-order valence-electron chi connectivity index (χ1n) is 14.2. The Morgan fingerprint density at radius 2 is 1.83 bits per heavy atom. The van der Waals surface area contributed by atoms with Gasteiger partial charge in [-0.15, -0.1) is 0 Å². The van der Waals surface area contributed by atoms with Crippen molar-refractivity contribution in [3.8, 4) is 5.75 Å². The van der Waals surface area contributed by atoms with Crippen molar-refractivity contribution in [1.29, 1.82) is 0 Å². The van der Waals surface area contributed by atoms with E-state index in [1.165, 1.54) is 44.9 Å². The number of aliphatic imine (C=N–C) groups is 1. The maximum atomic E-state index is 13.4. The second-order valence-corrected chi connectivity index (χ2v) is 11.6. The molecule has 0 aromatic heterocycles. The zero-order valence-electron chi connectivity index (χ0n) is 22.3. The lowest BCUT2D eigenvalue weighted by molar-refractivity contribution is -0.131. The van der Waals surface area contributed by atoms with Crippen molar-refractivity contribution >= 4 is 17.6 Å². The fourth-order valence-corrected chi connectivity index (χ4v) is 6.89. The van der Waals surface area contributed by atoms with Crippen molar-refractivity contribution in [3.63, 3.8) is 0 Å². The Bertz CT molecular complexity index is 939. The first-order chi connectivity index (χ1) is 17.4. The third-order valence-electron chi connectivity index (χ3n) is 8.99. The number of ether oxygens (including phenoxy) is 1. The van der Waals surface area contributed by atoms with Gasteiger partial charge in [-0.2, -0.15) is 0 Å². The molecule has 1 amide bonds. The molecule has 4 rings (SSSR count). The molecule has 2 aliphatic carbocycles. The maximum absolute atomic E-state index is 13.4. The lowest BCUT2D eigenvalue weighted by Gasteiger charge is -2.35. The van der Waals surface area contributed by atoms with Crippen LogP contribution >= 0.6 is 0 Å². The van der Waals surface area contributed by atoms with Crippen LogP contribution in [0.2, 0.25) is 0 Å². The second-order valence-electron chi connectivity index (χ2n) is 11.6. The molecule has 198 valence electrons. The highest BCUT2D eigenvalue weighted by Crippen LogP contribution is 2.42. The quantitative estimate of drug-likeness (QED) is 0.374. The Labute approximate surface area is 217 Å². The van der Waals surface area contributed by atoms with Gasteiger partial charge in [-0.3, -0.25) is 14.5 Å². The summed E-state index contributed by atoms with van der Waals surface area (Å²) in [7, 11) is 3.40. The molecule has 0 bridgehead atoms. The molecule has 1 heterocycles. The van der Waals surface area contributed by atoms with Crippen molar-refractivity contribution in [2.75, 3.05) is 14.2 Å². The van der Waals surface area contributed by atoms with Crippen LogP contribution in [0.5, 0.6) is 5.75 Å². The minimum Gasteiger partial charge on any atom is -0.497 e. The van der Waals surface area contributed by atoms with Crippen LogP contribution in [0.4, 0.5) is 0 Å². The van der Waals surface area contributed by atoms with Crippen molar-refractivity contribution in [2.45, 2.75) is 102 Å². The number of guanidine groups is 1. The molecular formula is C30H45N3O3. The average Bonchev–Trinajstić information content (AvgIpc) is 3.11. The predicted molar refractivity (Wildman–Crippen MR) is 144 cm³/mol. The van der Waals surface area contributed by atoms with E-state index >= 15 is 0 Å². The standard InChI is InChI=1S/C30H45N3O3/c1-33-28(35)30(32-29(33)31,18-17-22-9-4-3-5-10-22)21-24-13-6-11-23(19-24)12-7-16-27(34)25-14-8-15-26(20-25)36-2/h8,14-15,20,22-24H,3-7,9-13,16-19,21H2,1-2H3,(H2,31,32)/t23-,24-,30+/m0/s1. The third-order valence-corrected chi connectivity index (χ3v) is 8.99. The number of amides is 1. The molecule has 2 N–H and O–H groups in total. The van der Waals surface area contributed by atoms with E-state index in [9.17, 15) is 9.59 Å². The van der Waals surface area contributed by atoms with Gasteiger partial charge in [0.05, 0.1) is 7.11 Å². The first kappa shape index (κ1) is 26.7. The molecule has 3 atom stereocenters. The van der Waals surface area contributed by atoms with Crippen molar-refractivity contribution < 1.29 is 14.3 Å². The Kier molecular flexibility index (Phi) is 9.08. The number of Topliss-reactive ketones (excluding diaryl/α,β-unsaturated/α-hetero) is 1. The highest BCUT2D eigenvalue weighted by molar-refractivity contribution is 6.06. The molecule has 0 radical (unpaired) electrons. The van der Waals surface area contributed by atoms with Gasteiger partial charge in [0.1, 0.15) is 11.3 Å². The van der Waals surface area contributed by atoms with Crippen LogP contribution in [0.1, 0.15) is 107 Å². The molecular weight excluding hydrogens is 450 g/mol. The van der Waals surface area contributed by atoms with Gasteiger partial charge in [0.25, 0.3) is 5.91 Å². The maximum Gasteiger partial charge on any atom is 0.257 e. The van der Waals surface area contributed by atoms with E-state index in [0.717, 1.165) is 62.2 Å². The molecule has 1 aromatic rings. The molecule has 6 nitrogen and oxygen atoms in total. The number of carbonyl (C=O) groups excluding carboxylic acids is 2. The summed E-state index contributed by atoms with van der Waals surface area (Å²) < 4.78 is 5.26. The summed E-state index contributed by atoms with van der Waals surface area (Å²) in [6, 6.07) is 7.44. The molecule has 0 spiro atoms. The van der Waals surface area contributed by atoms with Gasteiger partial charge < -0.3 is 10.5 Å². The molecule has 6 heteroatoms. The Balaban J connectivity index is 1.31. The Morgan fingerprint density at radius 1 is 1.08 bits per heavy atom. The van der Waals surface area contributed by atoms with Gasteiger partial charge in [0.15, 0.2) is 11.7 Å². The van der Waals surface area contributed by atoms with E-state index in [2.05, 4.69) is 0 Å². The summed E-state index contributed by atoms with van der Waals surface area (Å²) in [4.78, 5) is 32.5. The van der Waals surface area contributed by atoms with Crippen LogP contribution in [0.3, 0.4) is 0 Å². The van der Waals surface area contributed by atoms with Gasteiger partial charge in [0, 0.05) is 19.0 Å². The molecule has 0 unspecified atom stereocenters. The smallest absolute Gasteiger partial charge is 0.257 e. The largest absolute Gasteiger partial charge is 0.497 e. The number of nitrogens with two attached hydrogens (primary N) is 1. The van der Waals surface area contributed by atoms with Gasteiger partial charge >= 0.3 is 0 Å². The number of carbonyl (C=O) groups is 2. The Morgan fingerprint density at radius 3 is 2.56 bits per heavy atom. The molecule has 1 aliphatic heterocycles. The van der Waals surface area contributed by atoms with Gasteiger partial charge in [0.2, 0.25) is 0 Å². The van der Waals surface area contributed by atoms with Crippen LogP contribution in [0, 0.1) is 17.8 Å². The van der Waals surface area contributed by atoms with Crippen LogP contribution in [-0.2, 0) is 4.79 Å². The van der Waals surface area contributed by atoms with E-state index in [0.29, 0.717) is 24.2 Å². The first-order valence-corrected chi connectivity index (χ1v) is 14.2. The highest BCUT2D eigenvalue weighted by Gasteiger charge is 2.47. The topological polar surface area (TPSA) is 85.0 Å². The van der Waals surface area contributed by atoms with Gasteiger partial charge in [-0.1, -0.05) is 69.9 Å². The average molecular weight is 496 g/mol. The minimum atomic E-state index is -0.662. The molecule has 36 heavy (non-hydrogen) atoms. The normalized spacial score (nSPS) is 27.2. The van der Waals surface area contributed by atoms with E-state index in [1.807, 2.05) is 24.3 Å². The van der Waals surface area contributed by atoms with Crippen molar-refractivity contribution in [2.24, 2.45) is 28.5 Å². The van der Waals surface area contributed by atoms with Crippen LogP contribution in [0.15, 0.2) is 29.3 Å². The lowest BCUT2D eigenvalue weighted by Crippen LogP contribution is -2.44. The third kappa shape index (κ3) is 6.49. The second kappa shape index (κ2) is 12.2. The number of hydrogen-bond acceptors (Lipinski definition) is 5. The number of ketones is 1. The number of methoxy groups -OCH3 is 1. The molecule has 2 saturated carbocycles. The summed E-state index contributed by atoms with van der Waals surface area (Å²) in [6.45, 7) is 0.